The van der Waals surface area contributed by atoms with Crippen LogP contribution >= 0.6 is 11.3 Å². The molecule has 0 aliphatic heterocycles. The van der Waals surface area contributed by atoms with Crippen LogP contribution in [0.5, 0.6) is 0 Å². The van der Waals surface area contributed by atoms with E-state index >= 15 is 0 Å². The Morgan fingerprint density at radius 2 is 1.93 bits per heavy atom. The summed E-state index contributed by atoms with van der Waals surface area (Å²) >= 11 is 1.66. The minimum atomic E-state index is 0.0331. The molecule has 146 valence electrons. The van der Waals surface area contributed by atoms with Crippen LogP contribution in [-0.4, -0.2) is 45.9 Å². The maximum atomic E-state index is 12.7. The number of fused-ring (bicyclic) bond motifs is 1. The van der Waals surface area contributed by atoms with Crippen LogP contribution in [-0.2, 0) is 4.79 Å². The van der Waals surface area contributed by atoms with Crippen LogP contribution in [0, 0.1) is 12.8 Å². The third-order valence-corrected chi connectivity index (χ3v) is 6.48. The SMILES string of the molecule is Cc1ncc(-c2ccc3cnc(NC(=O)[C@H]4CC[C@H](N(C)C)CC4)nc3c2)s1. The molecule has 1 amide bonds. The van der Waals surface area contributed by atoms with Crippen molar-refractivity contribution >= 4 is 34.1 Å². The molecular weight excluding hydrogens is 370 g/mol. The van der Waals surface area contributed by atoms with Crippen molar-refractivity contribution in [2.75, 3.05) is 19.4 Å². The maximum absolute atomic E-state index is 12.7. The first-order valence-electron chi connectivity index (χ1n) is 9.66. The van der Waals surface area contributed by atoms with Gasteiger partial charge in [0.1, 0.15) is 0 Å². The van der Waals surface area contributed by atoms with Gasteiger partial charge in [-0.3, -0.25) is 10.1 Å². The number of aromatic nitrogens is 3. The molecule has 28 heavy (non-hydrogen) atoms. The van der Waals surface area contributed by atoms with Crippen LogP contribution in [0.3, 0.4) is 0 Å². The highest BCUT2D eigenvalue weighted by Crippen LogP contribution is 2.29. The van der Waals surface area contributed by atoms with Gasteiger partial charge in [-0.15, -0.1) is 11.3 Å². The van der Waals surface area contributed by atoms with Crippen molar-refractivity contribution in [3.8, 4) is 10.4 Å². The second kappa shape index (κ2) is 7.93. The average Bonchev–Trinajstić information content (AvgIpc) is 3.14. The molecule has 1 aliphatic carbocycles. The fraction of sp³-hybridized carbons (Fsp3) is 0.429. The van der Waals surface area contributed by atoms with Crippen molar-refractivity contribution in [3.63, 3.8) is 0 Å². The minimum Gasteiger partial charge on any atom is -0.306 e. The summed E-state index contributed by atoms with van der Waals surface area (Å²) < 4.78 is 0. The summed E-state index contributed by atoms with van der Waals surface area (Å²) in [5.74, 6) is 0.456. The van der Waals surface area contributed by atoms with Gasteiger partial charge in [0.25, 0.3) is 0 Å². The second-order valence-electron chi connectivity index (χ2n) is 7.67. The lowest BCUT2D eigenvalue weighted by Crippen LogP contribution is -2.35. The number of hydrogen-bond acceptors (Lipinski definition) is 6. The van der Waals surface area contributed by atoms with Gasteiger partial charge in [0.05, 0.1) is 15.4 Å². The number of amides is 1. The second-order valence-corrected chi connectivity index (χ2v) is 8.90. The highest BCUT2D eigenvalue weighted by Gasteiger charge is 2.27. The minimum absolute atomic E-state index is 0.0331. The third kappa shape index (κ3) is 4.05. The largest absolute Gasteiger partial charge is 0.306 e. The number of aryl methyl sites for hydroxylation is 1. The summed E-state index contributed by atoms with van der Waals surface area (Å²) in [6.07, 6.45) is 7.59. The molecule has 0 spiro atoms. The van der Waals surface area contributed by atoms with Crippen molar-refractivity contribution in [3.05, 3.63) is 35.6 Å². The summed E-state index contributed by atoms with van der Waals surface area (Å²) in [6, 6.07) is 6.67. The molecule has 1 aromatic carbocycles. The van der Waals surface area contributed by atoms with Crippen molar-refractivity contribution in [2.24, 2.45) is 5.92 Å². The molecule has 3 aromatic rings. The van der Waals surface area contributed by atoms with Crippen LogP contribution in [0.2, 0.25) is 0 Å². The van der Waals surface area contributed by atoms with Crippen LogP contribution in [0.15, 0.2) is 30.6 Å². The molecular formula is C21H25N5OS. The summed E-state index contributed by atoms with van der Waals surface area (Å²) in [7, 11) is 4.21. The first-order valence-corrected chi connectivity index (χ1v) is 10.5. The molecule has 0 radical (unpaired) electrons. The Labute approximate surface area is 169 Å². The summed E-state index contributed by atoms with van der Waals surface area (Å²) in [5, 5.41) is 4.92. The van der Waals surface area contributed by atoms with Crippen molar-refractivity contribution in [1.29, 1.82) is 0 Å². The quantitative estimate of drug-likeness (QED) is 0.719. The van der Waals surface area contributed by atoms with Crippen molar-refractivity contribution < 1.29 is 4.79 Å². The number of nitrogens with one attached hydrogen (secondary N) is 1. The molecule has 1 fully saturated rings. The Morgan fingerprint density at radius 1 is 1.14 bits per heavy atom. The fourth-order valence-electron chi connectivity index (χ4n) is 3.80. The Balaban J connectivity index is 1.49. The molecule has 4 rings (SSSR count). The molecule has 1 aliphatic rings. The molecule has 0 atom stereocenters. The van der Waals surface area contributed by atoms with E-state index in [0.29, 0.717) is 12.0 Å². The summed E-state index contributed by atoms with van der Waals surface area (Å²) in [6.45, 7) is 2.00. The van der Waals surface area contributed by atoms with E-state index in [9.17, 15) is 4.79 Å². The molecule has 1 saturated carbocycles. The Kier molecular flexibility index (Phi) is 5.37. The van der Waals surface area contributed by atoms with Gasteiger partial charge in [0.15, 0.2) is 0 Å². The highest BCUT2D eigenvalue weighted by molar-refractivity contribution is 7.15. The molecule has 2 heterocycles. The molecule has 7 heteroatoms. The average molecular weight is 396 g/mol. The molecule has 0 bridgehead atoms. The molecule has 2 aromatic heterocycles. The van der Waals surface area contributed by atoms with Gasteiger partial charge in [-0.25, -0.2) is 15.0 Å². The Bertz CT molecular complexity index is 991. The first kappa shape index (κ1) is 19.0. The molecule has 0 unspecified atom stereocenters. The maximum Gasteiger partial charge on any atom is 0.229 e. The number of nitrogens with zero attached hydrogens (tertiary/aromatic N) is 4. The Hall–Kier alpha value is -2.38. The van der Waals surface area contributed by atoms with Gasteiger partial charge in [-0.05, 0) is 58.3 Å². The predicted molar refractivity (Wildman–Crippen MR) is 113 cm³/mol. The van der Waals surface area contributed by atoms with Crippen molar-refractivity contribution in [1.82, 2.24) is 19.9 Å². The van der Waals surface area contributed by atoms with E-state index in [0.717, 1.165) is 52.0 Å². The van der Waals surface area contributed by atoms with Crippen LogP contribution in [0.1, 0.15) is 30.7 Å². The number of thiazole rings is 1. The number of anilines is 1. The van der Waals surface area contributed by atoms with Gasteiger partial charge in [0, 0.05) is 29.7 Å². The molecule has 1 N–H and O–H groups in total. The van der Waals surface area contributed by atoms with E-state index in [1.807, 2.05) is 25.3 Å². The van der Waals surface area contributed by atoms with Gasteiger partial charge in [0.2, 0.25) is 11.9 Å². The van der Waals surface area contributed by atoms with E-state index in [1.165, 1.54) is 0 Å². The smallest absolute Gasteiger partial charge is 0.229 e. The van der Waals surface area contributed by atoms with Crippen LogP contribution in [0.25, 0.3) is 21.3 Å². The highest BCUT2D eigenvalue weighted by atomic mass is 32.1. The van der Waals surface area contributed by atoms with Gasteiger partial charge in [-0.1, -0.05) is 12.1 Å². The zero-order chi connectivity index (χ0) is 19.7. The van der Waals surface area contributed by atoms with E-state index in [1.54, 1.807) is 17.5 Å². The van der Waals surface area contributed by atoms with E-state index in [-0.39, 0.29) is 11.8 Å². The lowest BCUT2D eigenvalue weighted by molar-refractivity contribution is -0.121. The first-order chi connectivity index (χ1) is 13.5. The van der Waals surface area contributed by atoms with Crippen LogP contribution < -0.4 is 5.32 Å². The van der Waals surface area contributed by atoms with Gasteiger partial charge >= 0.3 is 0 Å². The van der Waals surface area contributed by atoms with Gasteiger partial charge < -0.3 is 4.90 Å². The standard InChI is InChI=1S/C21H25N5OS/c1-13-22-12-19(28-13)15-4-5-16-11-23-21(24-18(16)10-15)25-20(27)14-6-8-17(9-7-14)26(2)3/h4-5,10-12,14,17H,6-9H2,1-3H3,(H,23,24,25,27)/t14-,17-. The Morgan fingerprint density at radius 3 is 2.61 bits per heavy atom. The van der Waals surface area contributed by atoms with Gasteiger partial charge in [-0.2, -0.15) is 0 Å². The number of rotatable bonds is 4. The normalized spacial score (nSPS) is 19.9. The molecule has 6 nitrogen and oxygen atoms in total. The van der Waals surface area contributed by atoms with E-state index in [4.69, 9.17) is 0 Å². The predicted octanol–water partition coefficient (Wildman–Crippen LogP) is 4.12. The monoisotopic (exact) mass is 395 g/mol. The number of carbonyl (C=O) groups excluding carboxylic acids is 1. The third-order valence-electron chi connectivity index (χ3n) is 5.52. The topological polar surface area (TPSA) is 71.0 Å². The molecule has 0 saturated heterocycles. The number of hydrogen-bond donors (Lipinski definition) is 1. The van der Waals surface area contributed by atoms with Crippen molar-refractivity contribution in [2.45, 2.75) is 38.6 Å². The zero-order valence-electron chi connectivity index (χ0n) is 16.5. The van der Waals surface area contributed by atoms with Crippen LogP contribution in [0.4, 0.5) is 5.95 Å². The van der Waals surface area contributed by atoms with E-state index < -0.39 is 0 Å². The summed E-state index contributed by atoms with van der Waals surface area (Å²) in [4.78, 5) is 29.3. The van der Waals surface area contributed by atoms with E-state index in [2.05, 4.69) is 45.3 Å². The lowest BCUT2D eigenvalue weighted by Gasteiger charge is -2.31. The zero-order valence-corrected chi connectivity index (χ0v) is 17.3. The summed E-state index contributed by atoms with van der Waals surface area (Å²) in [5.41, 5.74) is 1.90. The number of benzene rings is 1. The lowest BCUT2D eigenvalue weighted by atomic mass is 9.85. The fourth-order valence-corrected chi connectivity index (χ4v) is 4.57. The number of carbonyl (C=O) groups is 1.